The molecule has 0 unspecified atom stereocenters. The number of carboxylic acid groups (broad SMARTS) is 1. The number of methoxy groups -OCH3 is 1. The standard InChI is InChI=1S/C14H14N2O5/c1-8-11(7-12(17)18)13(19)16(14(20)15-8)9-4-3-5-10(6-9)21-2/h3-6H,7H2,1-2H3,(H,15,20)(H,17,18). The maximum absolute atomic E-state index is 12.4. The molecule has 21 heavy (non-hydrogen) atoms. The number of nitrogens with one attached hydrogen (secondary N) is 1. The Morgan fingerprint density at radius 2 is 2.10 bits per heavy atom. The van der Waals surface area contributed by atoms with Crippen LogP contribution < -0.4 is 16.0 Å². The summed E-state index contributed by atoms with van der Waals surface area (Å²) in [5.41, 5.74) is -0.657. The van der Waals surface area contributed by atoms with E-state index in [1.165, 1.54) is 20.1 Å². The third-order valence-electron chi connectivity index (χ3n) is 3.05. The van der Waals surface area contributed by atoms with Crippen LogP contribution in [-0.4, -0.2) is 27.7 Å². The molecule has 0 fully saturated rings. The van der Waals surface area contributed by atoms with Crippen LogP contribution >= 0.6 is 0 Å². The summed E-state index contributed by atoms with van der Waals surface area (Å²) >= 11 is 0. The largest absolute Gasteiger partial charge is 0.497 e. The van der Waals surface area contributed by atoms with Gasteiger partial charge in [0.25, 0.3) is 5.56 Å². The number of hydrogen-bond acceptors (Lipinski definition) is 4. The minimum absolute atomic E-state index is 0.0462. The number of aromatic amines is 1. The fraction of sp³-hybridized carbons (Fsp3) is 0.214. The van der Waals surface area contributed by atoms with Crippen molar-refractivity contribution in [1.82, 2.24) is 9.55 Å². The number of ether oxygens (including phenoxy) is 1. The van der Waals surface area contributed by atoms with Crippen LogP contribution in [0.5, 0.6) is 5.75 Å². The molecule has 0 atom stereocenters. The molecule has 2 rings (SSSR count). The van der Waals surface area contributed by atoms with Gasteiger partial charge in [0, 0.05) is 17.3 Å². The van der Waals surface area contributed by atoms with Crippen molar-refractivity contribution in [2.45, 2.75) is 13.3 Å². The van der Waals surface area contributed by atoms with Crippen LogP contribution in [0.25, 0.3) is 5.69 Å². The van der Waals surface area contributed by atoms with Gasteiger partial charge in [-0.2, -0.15) is 0 Å². The van der Waals surface area contributed by atoms with E-state index in [0.29, 0.717) is 11.4 Å². The van der Waals surface area contributed by atoms with Gasteiger partial charge in [0.2, 0.25) is 0 Å². The Morgan fingerprint density at radius 3 is 2.71 bits per heavy atom. The Kier molecular flexibility index (Phi) is 3.93. The van der Waals surface area contributed by atoms with Crippen molar-refractivity contribution in [3.05, 3.63) is 56.4 Å². The number of aromatic nitrogens is 2. The molecule has 7 heteroatoms. The first-order chi connectivity index (χ1) is 9.93. The molecule has 0 aliphatic heterocycles. The first-order valence-corrected chi connectivity index (χ1v) is 6.15. The van der Waals surface area contributed by atoms with Crippen LogP contribution in [0.1, 0.15) is 11.3 Å². The quantitative estimate of drug-likeness (QED) is 0.852. The maximum Gasteiger partial charge on any atom is 0.333 e. The van der Waals surface area contributed by atoms with Gasteiger partial charge in [0.1, 0.15) is 5.75 Å². The van der Waals surface area contributed by atoms with Gasteiger partial charge in [-0.05, 0) is 19.1 Å². The van der Waals surface area contributed by atoms with Gasteiger partial charge in [-0.3, -0.25) is 9.59 Å². The zero-order valence-electron chi connectivity index (χ0n) is 11.5. The third kappa shape index (κ3) is 2.86. The molecule has 110 valence electrons. The van der Waals surface area contributed by atoms with Crippen LogP contribution in [-0.2, 0) is 11.2 Å². The second kappa shape index (κ2) is 5.66. The zero-order chi connectivity index (χ0) is 15.6. The Bertz CT molecular complexity index is 804. The number of rotatable bonds is 4. The first-order valence-electron chi connectivity index (χ1n) is 6.15. The molecule has 2 N–H and O–H groups in total. The molecule has 0 aliphatic rings. The highest BCUT2D eigenvalue weighted by Gasteiger charge is 2.15. The van der Waals surface area contributed by atoms with Crippen molar-refractivity contribution < 1.29 is 14.6 Å². The Morgan fingerprint density at radius 1 is 1.38 bits per heavy atom. The molecule has 0 saturated carbocycles. The predicted molar refractivity (Wildman–Crippen MR) is 75.3 cm³/mol. The van der Waals surface area contributed by atoms with Crippen LogP contribution in [0.3, 0.4) is 0 Å². The van der Waals surface area contributed by atoms with Crippen molar-refractivity contribution in [3.8, 4) is 11.4 Å². The lowest BCUT2D eigenvalue weighted by atomic mass is 10.1. The van der Waals surface area contributed by atoms with Gasteiger partial charge in [0.05, 0.1) is 19.2 Å². The van der Waals surface area contributed by atoms with E-state index in [0.717, 1.165) is 4.57 Å². The van der Waals surface area contributed by atoms with Gasteiger partial charge in [-0.15, -0.1) is 0 Å². The molecular formula is C14H14N2O5. The van der Waals surface area contributed by atoms with Crippen LogP contribution in [0.4, 0.5) is 0 Å². The van der Waals surface area contributed by atoms with E-state index >= 15 is 0 Å². The summed E-state index contributed by atoms with van der Waals surface area (Å²) in [6.07, 6.45) is -0.453. The molecule has 1 aromatic carbocycles. The van der Waals surface area contributed by atoms with E-state index < -0.39 is 23.6 Å². The number of benzene rings is 1. The first kappa shape index (κ1) is 14.6. The van der Waals surface area contributed by atoms with Gasteiger partial charge >= 0.3 is 11.7 Å². The number of aliphatic carboxylic acids is 1. The minimum atomic E-state index is -1.14. The van der Waals surface area contributed by atoms with E-state index in [4.69, 9.17) is 9.84 Å². The Hall–Kier alpha value is -2.83. The third-order valence-corrected chi connectivity index (χ3v) is 3.05. The van der Waals surface area contributed by atoms with Gasteiger partial charge in [-0.1, -0.05) is 6.07 Å². The number of nitrogens with zero attached hydrogens (tertiary/aromatic N) is 1. The van der Waals surface area contributed by atoms with Gasteiger partial charge in [0.15, 0.2) is 0 Å². The number of hydrogen-bond donors (Lipinski definition) is 2. The van der Waals surface area contributed by atoms with E-state index in [-0.39, 0.29) is 11.3 Å². The van der Waals surface area contributed by atoms with Crippen molar-refractivity contribution in [2.75, 3.05) is 7.11 Å². The molecular weight excluding hydrogens is 276 g/mol. The van der Waals surface area contributed by atoms with Crippen LogP contribution in [0.2, 0.25) is 0 Å². The number of aryl methyl sites for hydroxylation is 1. The van der Waals surface area contributed by atoms with Gasteiger partial charge < -0.3 is 14.8 Å². The molecule has 0 radical (unpaired) electrons. The highest BCUT2D eigenvalue weighted by molar-refractivity contribution is 5.70. The van der Waals surface area contributed by atoms with Crippen molar-refractivity contribution in [1.29, 1.82) is 0 Å². The Labute approximate surface area is 119 Å². The summed E-state index contributed by atoms with van der Waals surface area (Å²) in [4.78, 5) is 37.7. The van der Waals surface area contributed by atoms with Crippen LogP contribution in [0.15, 0.2) is 33.9 Å². The molecule has 0 bridgehead atoms. The summed E-state index contributed by atoms with van der Waals surface area (Å²) < 4.78 is 5.95. The zero-order valence-corrected chi connectivity index (χ0v) is 11.5. The molecule has 0 aliphatic carbocycles. The predicted octanol–water partition coefficient (Wildman–Crippen LogP) is 0.470. The van der Waals surface area contributed by atoms with Crippen molar-refractivity contribution in [3.63, 3.8) is 0 Å². The molecule has 0 saturated heterocycles. The topological polar surface area (TPSA) is 101 Å². The van der Waals surface area contributed by atoms with E-state index in [1.807, 2.05) is 0 Å². The van der Waals surface area contributed by atoms with Gasteiger partial charge in [-0.25, -0.2) is 9.36 Å². The highest BCUT2D eigenvalue weighted by atomic mass is 16.5. The molecule has 7 nitrogen and oxygen atoms in total. The SMILES string of the molecule is COc1cccc(-n2c(=O)[nH]c(C)c(CC(=O)O)c2=O)c1. The summed E-state index contributed by atoms with van der Waals surface area (Å²) in [7, 11) is 1.47. The molecule has 0 amide bonds. The summed E-state index contributed by atoms with van der Waals surface area (Å²) in [6, 6.07) is 6.40. The minimum Gasteiger partial charge on any atom is -0.497 e. The average Bonchev–Trinajstić information content (AvgIpc) is 2.43. The second-order valence-electron chi connectivity index (χ2n) is 4.45. The summed E-state index contributed by atoms with van der Waals surface area (Å²) in [6.45, 7) is 1.50. The van der Waals surface area contributed by atoms with Crippen LogP contribution in [0, 0.1) is 6.92 Å². The van der Waals surface area contributed by atoms with Crippen molar-refractivity contribution >= 4 is 5.97 Å². The second-order valence-corrected chi connectivity index (χ2v) is 4.45. The number of carboxylic acids is 1. The summed E-state index contributed by atoms with van der Waals surface area (Å²) in [5, 5.41) is 8.87. The smallest absolute Gasteiger partial charge is 0.333 e. The average molecular weight is 290 g/mol. The van der Waals surface area contributed by atoms with Crippen molar-refractivity contribution in [2.24, 2.45) is 0 Å². The molecule has 1 aromatic heterocycles. The van der Waals surface area contributed by atoms with E-state index in [2.05, 4.69) is 4.98 Å². The molecule has 0 spiro atoms. The fourth-order valence-electron chi connectivity index (χ4n) is 2.02. The van der Waals surface area contributed by atoms with E-state index in [1.54, 1.807) is 18.2 Å². The monoisotopic (exact) mass is 290 g/mol. The lowest BCUT2D eigenvalue weighted by Crippen LogP contribution is -2.37. The Balaban J connectivity index is 2.71. The lowest BCUT2D eigenvalue weighted by Gasteiger charge is -2.10. The molecule has 2 aromatic rings. The maximum atomic E-state index is 12.4. The summed E-state index contributed by atoms with van der Waals surface area (Å²) in [5.74, 6) is -0.654. The fourth-order valence-corrected chi connectivity index (χ4v) is 2.02. The molecule has 1 heterocycles. The lowest BCUT2D eigenvalue weighted by molar-refractivity contribution is -0.136. The number of H-pyrrole nitrogens is 1. The highest BCUT2D eigenvalue weighted by Crippen LogP contribution is 2.14. The number of carbonyl (C=O) groups is 1. The normalized spacial score (nSPS) is 10.4. The van der Waals surface area contributed by atoms with E-state index in [9.17, 15) is 14.4 Å².